The van der Waals surface area contributed by atoms with Crippen LogP contribution in [-0.4, -0.2) is 8.42 Å². The molecule has 3 aromatic rings. The van der Waals surface area contributed by atoms with Crippen LogP contribution in [0, 0.1) is 25.5 Å². The fourth-order valence-electron chi connectivity index (χ4n) is 3.23. The zero-order valence-electron chi connectivity index (χ0n) is 15.9. The largest absolute Gasteiger partial charge is 0.265 e. The first-order chi connectivity index (χ1) is 13.2. The van der Waals surface area contributed by atoms with Crippen LogP contribution < -0.4 is 4.31 Å². The highest BCUT2D eigenvalue weighted by Crippen LogP contribution is 2.35. The van der Waals surface area contributed by atoms with Gasteiger partial charge >= 0.3 is 0 Å². The van der Waals surface area contributed by atoms with E-state index < -0.39 is 27.7 Å². The molecular weight excluding hydrogens is 380 g/mol. The molecule has 3 nitrogen and oxygen atoms in total. The summed E-state index contributed by atoms with van der Waals surface area (Å²) in [6, 6.07) is 15.8. The summed E-state index contributed by atoms with van der Waals surface area (Å²) in [6.45, 7) is 5.07. The van der Waals surface area contributed by atoms with Crippen molar-refractivity contribution in [1.29, 1.82) is 0 Å². The van der Waals surface area contributed by atoms with Crippen LogP contribution in [-0.2, 0) is 10.0 Å². The summed E-state index contributed by atoms with van der Waals surface area (Å²) < 4.78 is 56.6. The number of benzene rings is 3. The lowest BCUT2D eigenvalue weighted by atomic mass is 10.1. The van der Waals surface area contributed by atoms with Gasteiger partial charge in [-0.3, -0.25) is 4.31 Å². The van der Waals surface area contributed by atoms with Crippen molar-refractivity contribution in [2.75, 3.05) is 4.31 Å². The van der Waals surface area contributed by atoms with Gasteiger partial charge in [-0.15, -0.1) is 0 Å². The summed E-state index contributed by atoms with van der Waals surface area (Å²) in [5, 5.41) is 0. The van der Waals surface area contributed by atoms with Gasteiger partial charge in [-0.1, -0.05) is 36.4 Å². The lowest BCUT2D eigenvalue weighted by Gasteiger charge is -2.31. The van der Waals surface area contributed by atoms with Crippen LogP contribution >= 0.6 is 0 Å². The third kappa shape index (κ3) is 3.78. The molecule has 6 heteroatoms. The Balaban J connectivity index is 2.24. The highest BCUT2D eigenvalue weighted by molar-refractivity contribution is 7.92. The molecule has 0 aromatic heterocycles. The molecule has 3 aromatic carbocycles. The summed E-state index contributed by atoms with van der Waals surface area (Å²) >= 11 is 0. The molecule has 146 valence electrons. The van der Waals surface area contributed by atoms with E-state index in [1.165, 1.54) is 18.2 Å². The van der Waals surface area contributed by atoms with E-state index in [1.54, 1.807) is 50.2 Å². The van der Waals surface area contributed by atoms with E-state index in [2.05, 4.69) is 0 Å². The van der Waals surface area contributed by atoms with E-state index in [-0.39, 0.29) is 10.5 Å². The molecule has 0 amide bonds. The Morgan fingerprint density at radius 2 is 1.61 bits per heavy atom. The maximum Gasteiger partial charge on any atom is 0.265 e. The van der Waals surface area contributed by atoms with Crippen molar-refractivity contribution < 1.29 is 17.2 Å². The minimum absolute atomic E-state index is 0.141. The highest BCUT2D eigenvalue weighted by atomic mass is 32.2. The van der Waals surface area contributed by atoms with Gasteiger partial charge in [0, 0.05) is 5.56 Å². The molecule has 0 spiro atoms. The van der Waals surface area contributed by atoms with Gasteiger partial charge in [-0.05, 0) is 62.2 Å². The minimum atomic E-state index is -4.16. The van der Waals surface area contributed by atoms with Crippen LogP contribution in [0.25, 0.3) is 0 Å². The lowest BCUT2D eigenvalue weighted by molar-refractivity contribution is 0.566. The fourth-order valence-corrected chi connectivity index (χ4v) is 5.10. The van der Waals surface area contributed by atoms with Crippen LogP contribution in [0.15, 0.2) is 71.6 Å². The number of rotatable bonds is 5. The molecular formula is C22H21F2NO2S. The number of halogens is 2. The first kappa shape index (κ1) is 20.0. The lowest BCUT2D eigenvalue weighted by Crippen LogP contribution is -2.34. The molecule has 1 atom stereocenters. The number of aryl methyl sites for hydroxylation is 2. The molecule has 0 radical (unpaired) electrons. The highest BCUT2D eigenvalue weighted by Gasteiger charge is 2.33. The van der Waals surface area contributed by atoms with Crippen molar-refractivity contribution >= 4 is 15.7 Å². The van der Waals surface area contributed by atoms with Gasteiger partial charge in [-0.25, -0.2) is 17.2 Å². The summed E-state index contributed by atoms with van der Waals surface area (Å²) in [6.07, 6.45) is 0. The molecule has 0 saturated carbocycles. The molecule has 0 aliphatic rings. The standard InChI is InChI=1S/C22H21F2NO2S/c1-15-7-6-8-19(13-15)25(17(3)20-9-4-5-10-21(20)24)28(26,27)22-14-18(23)12-11-16(22)2/h4-14,17H,1-3H3. The predicted octanol–water partition coefficient (Wildman–Crippen LogP) is 5.54. The van der Waals surface area contributed by atoms with Crippen molar-refractivity contribution in [2.24, 2.45) is 0 Å². The Bertz CT molecular complexity index is 1110. The Morgan fingerprint density at radius 3 is 2.29 bits per heavy atom. The molecule has 0 bridgehead atoms. The van der Waals surface area contributed by atoms with E-state index >= 15 is 0 Å². The van der Waals surface area contributed by atoms with Gasteiger partial charge in [-0.2, -0.15) is 0 Å². The molecule has 0 aliphatic heterocycles. The van der Waals surface area contributed by atoms with Gasteiger partial charge in [0.2, 0.25) is 0 Å². The Labute approximate surface area is 164 Å². The summed E-state index contributed by atoms with van der Waals surface area (Å²) in [4.78, 5) is -0.141. The average Bonchev–Trinajstić information content (AvgIpc) is 2.64. The van der Waals surface area contributed by atoms with Crippen LogP contribution in [0.1, 0.15) is 29.7 Å². The summed E-state index contributed by atoms with van der Waals surface area (Å²) in [5.74, 6) is -1.15. The van der Waals surface area contributed by atoms with Gasteiger partial charge in [0.25, 0.3) is 10.0 Å². The molecule has 3 rings (SSSR count). The summed E-state index contributed by atoms with van der Waals surface area (Å²) in [7, 11) is -4.16. The van der Waals surface area contributed by atoms with E-state index in [0.717, 1.165) is 15.9 Å². The van der Waals surface area contributed by atoms with Crippen molar-refractivity contribution in [1.82, 2.24) is 0 Å². The monoisotopic (exact) mass is 401 g/mol. The van der Waals surface area contributed by atoms with Crippen LogP contribution in [0.3, 0.4) is 0 Å². The van der Waals surface area contributed by atoms with Crippen LogP contribution in [0.5, 0.6) is 0 Å². The number of anilines is 1. The fraction of sp³-hybridized carbons (Fsp3) is 0.182. The normalized spacial score (nSPS) is 12.6. The number of nitrogens with zero attached hydrogens (tertiary/aromatic N) is 1. The van der Waals surface area contributed by atoms with Crippen molar-refractivity contribution in [3.63, 3.8) is 0 Å². The second-order valence-corrected chi connectivity index (χ2v) is 8.53. The molecule has 28 heavy (non-hydrogen) atoms. The smallest absolute Gasteiger partial charge is 0.259 e. The molecule has 0 saturated heterocycles. The van der Waals surface area contributed by atoms with Crippen molar-refractivity contribution in [3.8, 4) is 0 Å². The van der Waals surface area contributed by atoms with Gasteiger partial charge < -0.3 is 0 Å². The maximum atomic E-state index is 14.4. The quantitative estimate of drug-likeness (QED) is 0.563. The first-order valence-electron chi connectivity index (χ1n) is 8.83. The Morgan fingerprint density at radius 1 is 0.893 bits per heavy atom. The first-order valence-corrected chi connectivity index (χ1v) is 10.3. The molecule has 0 aliphatic carbocycles. The number of hydrogen-bond donors (Lipinski definition) is 0. The van der Waals surface area contributed by atoms with E-state index in [4.69, 9.17) is 0 Å². The number of sulfonamides is 1. The van der Waals surface area contributed by atoms with E-state index in [0.29, 0.717) is 11.3 Å². The second kappa shape index (κ2) is 7.72. The van der Waals surface area contributed by atoms with Crippen LogP contribution in [0.2, 0.25) is 0 Å². The second-order valence-electron chi connectivity index (χ2n) is 6.75. The Kier molecular flexibility index (Phi) is 5.52. The van der Waals surface area contributed by atoms with Gasteiger partial charge in [0.15, 0.2) is 0 Å². The van der Waals surface area contributed by atoms with E-state index in [1.807, 2.05) is 13.0 Å². The topological polar surface area (TPSA) is 37.4 Å². The third-order valence-electron chi connectivity index (χ3n) is 4.65. The van der Waals surface area contributed by atoms with Crippen molar-refractivity contribution in [3.05, 3.63) is 95.1 Å². The Hall–Kier alpha value is -2.73. The average molecular weight is 401 g/mol. The summed E-state index contributed by atoms with van der Waals surface area (Å²) in [5.41, 5.74) is 1.90. The zero-order valence-corrected chi connectivity index (χ0v) is 16.7. The number of hydrogen-bond acceptors (Lipinski definition) is 2. The predicted molar refractivity (Wildman–Crippen MR) is 107 cm³/mol. The van der Waals surface area contributed by atoms with Crippen molar-refractivity contribution in [2.45, 2.75) is 31.7 Å². The molecule has 0 heterocycles. The third-order valence-corrected chi connectivity index (χ3v) is 6.69. The minimum Gasteiger partial charge on any atom is -0.259 e. The van der Waals surface area contributed by atoms with Crippen LogP contribution in [0.4, 0.5) is 14.5 Å². The molecule has 0 N–H and O–H groups in total. The SMILES string of the molecule is Cc1cccc(N(C(C)c2ccccc2F)S(=O)(=O)c2cc(F)ccc2C)c1. The molecule has 0 fully saturated rings. The van der Waals surface area contributed by atoms with E-state index in [9.17, 15) is 17.2 Å². The maximum absolute atomic E-state index is 14.4. The van der Waals surface area contributed by atoms with Gasteiger partial charge in [0.1, 0.15) is 11.6 Å². The van der Waals surface area contributed by atoms with Gasteiger partial charge in [0.05, 0.1) is 16.6 Å². The zero-order chi connectivity index (χ0) is 20.5. The molecule has 1 unspecified atom stereocenters.